The summed E-state index contributed by atoms with van der Waals surface area (Å²) in [5.41, 5.74) is 3.57. The van der Waals surface area contributed by atoms with Crippen molar-refractivity contribution in [2.75, 3.05) is 10.8 Å². The summed E-state index contributed by atoms with van der Waals surface area (Å²) in [6, 6.07) is 16.7. The summed E-state index contributed by atoms with van der Waals surface area (Å²) in [5, 5.41) is 3.05. The number of benzene rings is 3. The second kappa shape index (κ2) is 12.9. The highest BCUT2D eigenvalue weighted by Gasteiger charge is 2.34. The number of hydrogen-bond acceptors (Lipinski definition) is 4. The van der Waals surface area contributed by atoms with Crippen LogP contribution in [0.5, 0.6) is 0 Å². The van der Waals surface area contributed by atoms with Crippen molar-refractivity contribution in [3.8, 4) is 0 Å². The Bertz CT molecular complexity index is 1480. The molecule has 0 saturated heterocycles. The number of sulfonamides is 1. The molecule has 0 spiro atoms. The van der Waals surface area contributed by atoms with Gasteiger partial charge < -0.3 is 10.2 Å². The quantitative estimate of drug-likeness (QED) is 0.348. The molecule has 0 aliphatic heterocycles. The van der Waals surface area contributed by atoms with E-state index in [9.17, 15) is 22.4 Å². The molecule has 0 bridgehead atoms. The lowest BCUT2D eigenvalue weighted by Gasteiger charge is -2.33. The lowest BCUT2D eigenvalue weighted by Crippen LogP contribution is -2.52. The molecule has 4 rings (SSSR count). The van der Waals surface area contributed by atoms with E-state index < -0.39 is 34.3 Å². The van der Waals surface area contributed by atoms with Crippen LogP contribution in [-0.2, 0) is 26.2 Å². The van der Waals surface area contributed by atoms with Gasteiger partial charge in [0.25, 0.3) is 10.0 Å². The highest BCUT2D eigenvalue weighted by atomic mass is 32.2. The third-order valence-electron chi connectivity index (χ3n) is 7.64. The van der Waals surface area contributed by atoms with Crippen molar-refractivity contribution >= 4 is 27.5 Å². The highest BCUT2D eigenvalue weighted by Crippen LogP contribution is 2.28. The molecule has 3 aromatic rings. The van der Waals surface area contributed by atoms with Gasteiger partial charge in [0.2, 0.25) is 11.8 Å². The summed E-state index contributed by atoms with van der Waals surface area (Å²) in [5.74, 6) is -1.25. The third kappa shape index (κ3) is 7.33. The molecule has 0 heterocycles. The standard InChI is InChI=1S/C32H38FN3O4S/c1-22-9-16-29(17-10-22)41(39,40)36(30-18-11-23(2)19-24(30)3)21-31(37)35(20-26-12-14-27(33)15-13-26)25(4)32(38)34-28-7-5-6-8-28/h9-19,25,28H,5-8,20-21H2,1-4H3,(H,34,38)/t25-/m0/s1. The van der Waals surface area contributed by atoms with Gasteiger partial charge in [-0.05, 0) is 82.0 Å². The summed E-state index contributed by atoms with van der Waals surface area (Å²) in [6.07, 6.45) is 3.86. The molecule has 1 fully saturated rings. The average Bonchev–Trinajstić information content (AvgIpc) is 3.44. The molecule has 1 N–H and O–H groups in total. The minimum Gasteiger partial charge on any atom is -0.352 e. The molecule has 0 radical (unpaired) electrons. The minimum atomic E-state index is -4.14. The van der Waals surface area contributed by atoms with Gasteiger partial charge in [-0.3, -0.25) is 13.9 Å². The number of halogens is 1. The zero-order valence-electron chi connectivity index (χ0n) is 24.1. The largest absolute Gasteiger partial charge is 0.352 e. The van der Waals surface area contributed by atoms with Crippen molar-refractivity contribution in [3.63, 3.8) is 0 Å². The zero-order valence-corrected chi connectivity index (χ0v) is 24.9. The van der Waals surface area contributed by atoms with E-state index in [1.807, 2.05) is 19.9 Å². The number of anilines is 1. The van der Waals surface area contributed by atoms with Gasteiger partial charge in [-0.2, -0.15) is 0 Å². The number of rotatable bonds is 10. The Morgan fingerprint density at radius 2 is 1.54 bits per heavy atom. The zero-order chi connectivity index (χ0) is 29.7. The van der Waals surface area contributed by atoms with E-state index in [2.05, 4.69) is 5.32 Å². The van der Waals surface area contributed by atoms with Gasteiger partial charge in [0.15, 0.2) is 0 Å². The van der Waals surface area contributed by atoms with Crippen LogP contribution < -0.4 is 9.62 Å². The van der Waals surface area contributed by atoms with Crippen LogP contribution in [-0.4, -0.2) is 43.8 Å². The molecule has 9 heteroatoms. The number of nitrogens with one attached hydrogen (secondary N) is 1. The van der Waals surface area contributed by atoms with Crippen LogP contribution in [0.2, 0.25) is 0 Å². The Morgan fingerprint density at radius 3 is 2.15 bits per heavy atom. The molecule has 1 aliphatic rings. The molecule has 0 aromatic heterocycles. The second-order valence-corrected chi connectivity index (χ2v) is 12.8. The van der Waals surface area contributed by atoms with Gasteiger partial charge in [-0.25, -0.2) is 12.8 Å². The summed E-state index contributed by atoms with van der Waals surface area (Å²) in [7, 11) is -4.14. The summed E-state index contributed by atoms with van der Waals surface area (Å²) in [6.45, 7) is 6.73. The first kappa shape index (κ1) is 30.2. The number of carbonyl (C=O) groups excluding carboxylic acids is 2. The van der Waals surface area contributed by atoms with Crippen molar-refractivity contribution in [3.05, 3.63) is 94.8 Å². The number of hydrogen-bond donors (Lipinski definition) is 1. The van der Waals surface area contributed by atoms with Crippen LogP contribution in [0, 0.1) is 26.6 Å². The Kier molecular flexibility index (Phi) is 9.48. The third-order valence-corrected chi connectivity index (χ3v) is 9.42. The number of aryl methyl sites for hydroxylation is 3. The van der Waals surface area contributed by atoms with Gasteiger partial charge in [-0.1, -0.05) is 60.4 Å². The van der Waals surface area contributed by atoms with E-state index in [-0.39, 0.29) is 23.4 Å². The normalized spacial score (nSPS) is 14.5. The van der Waals surface area contributed by atoms with Crippen molar-refractivity contribution in [2.45, 2.75) is 76.9 Å². The minimum absolute atomic E-state index is 0.0175. The molecule has 1 atom stereocenters. The molecule has 0 unspecified atom stereocenters. The Balaban J connectivity index is 1.70. The summed E-state index contributed by atoms with van der Waals surface area (Å²) in [4.78, 5) is 28.8. The van der Waals surface area contributed by atoms with E-state index in [1.165, 1.54) is 29.2 Å². The molecule has 1 saturated carbocycles. The van der Waals surface area contributed by atoms with Gasteiger partial charge in [-0.15, -0.1) is 0 Å². The lowest BCUT2D eigenvalue weighted by molar-refractivity contribution is -0.139. The topological polar surface area (TPSA) is 86.8 Å². The van der Waals surface area contributed by atoms with Gasteiger partial charge >= 0.3 is 0 Å². The van der Waals surface area contributed by atoms with Crippen LogP contribution >= 0.6 is 0 Å². The van der Waals surface area contributed by atoms with Crippen molar-refractivity contribution in [1.29, 1.82) is 0 Å². The molecule has 7 nitrogen and oxygen atoms in total. The molecular weight excluding hydrogens is 541 g/mol. The fraction of sp³-hybridized carbons (Fsp3) is 0.375. The predicted octanol–water partition coefficient (Wildman–Crippen LogP) is 5.42. The average molecular weight is 580 g/mol. The van der Waals surface area contributed by atoms with Crippen LogP contribution in [0.25, 0.3) is 0 Å². The predicted molar refractivity (Wildman–Crippen MR) is 158 cm³/mol. The van der Waals surface area contributed by atoms with E-state index in [0.29, 0.717) is 16.8 Å². The number of amides is 2. The maximum atomic E-state index is 14.1. The van der Waals surface area contributed by atoms with E-state index in [4.69, 9.17) is 0 Å². The number of carbonyl (C=O) groups is 2. The maximum Gasteiger partial charge on any atom is 0.264 e. The molecule has 41 heavy (non-hydrogen) atoms. The SMILES string of the molecule is Cc1ccc(S(=O)(=O)N(CC(=O)N(Cc2ccc(F)cc2)[C@@H](C)C(=O)NC2CCCC2)c2ccc(C)cc2C)cc1. The first-order valence-electron chi connectivity index (χ1n) is 14.0. The fourth-order valence-electron chi connectivity index (χ4n) is 5.20. The van der Waals surface area contributed by atoms with Crippen LogP contribution in [0.4, 0.5) is 10.1 Å². The van der Waals surface area contributed by atoms with Crippen LogP contribution in [0.3, 0.4) is 0 Å². The highest BCUT2D eigenvalue weighted by molar-refractivity contribution is 7.92. The molecular formula is C32H38FN3O4S. The molecule has 2 amide bonds. The molecule has 218 valence electrons. The molecule has 3 aromatic carbocycles. The monoisotopic (exact) mass is 579 g/mol. The van der Waals surface area contributed by atoms with Crippen molar-refractivity contribution < 1.29 is 22.4 Å². The maximum absolute atomic E-state index is 14.1. The van der Waals surface area contributed by atoms with Crippen molar-refractivity contribution in [2.24, 2.45) is 0 Å². The Labute approximate surface area is 242 Å². The van der Waals surface area contributed by atoms with Crippen LogP contribution in [0.1, 0.15) is 54.9 Å². The lowest BCUT2D eigenvalue weighted by atomic mass is 10.1. The van der Waals surface area contributed by atoms with Gasteiger partial charge in [0, 0.05) is 12.6 Å². The number of nitrogens with zero attached hydrogens (tertiary/aromatic N) is 2. The van der Waals surface area contributed by atoms with Gasteiger partial charge in [0.1, 0.15) is 18.4 Å². The van der Waals surface area contributed by atoms with E-state index in [0.717, 1.165) is 41.1 Å². The van der Waals surface area contributed by atoms with Crippen LogP contribution in [0.15, 0.2) is 71.6 Å². The Morgan fingerprint density at radius 1 is 0.927 bits per heavy atom. The smallest absolute Gasteiger partial charge is 0.264 e. The second-order valence-electron chi connectivity index (χ2n) is 10.9. The fourth-order valence-corrected chi connectivity index (χ4v) is 6.68. The van der Waals surface area contributed by atoms with E-state index in [1.54, 1.807) is 50.2 Å². The van der Waals surface area contributed by atoms with Gasteiger partial charge in [0.05, 0.1) is 10.6 Å². The summed E-state index contributed by atoms with van der Waals surface area (Å²) < 4.78 is 42.7. The summed E-state index contributed by atoms with van der Waals surface area (Å²) >= 11 is 0. The van der Waals surface area contributed by atoms with E-state index >= 15 is 0 Å². The Hall–Kier alpha value is -3.72. The molecule has 1 aliphatic carbocycles. The first-order chi connectivity index (χ1) is 19.5. The first-order valence-corrected chi connectivity index (χ1v) is 15.4. The van der Waals surface area contributed by atoms with Crippen molar-refractivity contribution in [1.82, 2.24) is 10.2 Å².